The molecule has 0 saturated heterocycles. The molecule has 0 fully saturated rings. The quantitative estimate of drug-likeness (QED) is 0.812. The average molecular weight is 295 g/mol. The van der Waals surface area contributed by atoms with Gasteiger partial charge in [0.2, 0.25) is 5.91 Å². The molecule has 2 rings (SSSR count). The average Bonchev–Trinajstić information content (AvgIpc) is 2.80. The molecule has 5 nitrogen and oxygen atoms in total. The molecule has 1 atom stereocenters. The molecule has 1 amide bonds. The van der Waals surface area contributed by atoms with Crippen molar-refractivity contribution in [2.75, 3.05) is 12.3 Å². The van der Waals surface area contributed by atoms with Crippen LogP contribution in [-0.4, -0.2) is 27.8 Å². The number of rotatable bonds is 6. The number of nitrogens with zero attached hydrogens (tertiary/aromatic N) is 2. The second-order valence-electron chi connectivity index (χ2n) is 5.01. The number of carbonyl (C=O) groups excluding carboxylic acids is 1. The lowest BCUT2D eigenvalue weighted by Gasteiger charge is -2.13. The fraction of sp³-hybridized carbons (Fsp3) is 0.643. The molecule has 0 bridgehead atoms. The first-order chi connectivity index (χ1) is 9.65. The van der Waals surface area contributed by atoms with E-state index in [2.05, 4.69) is 17.2 Å². The van der Waals surface area contributed by atoms with Crippen LogP contribution in [0.25, 0.3) is 0 Å². The van der Waals surface area contributed by atoms with Crippen molar-refractivity contribution < 1.29 is 4.79 Å². The summed E-state index contributed by atoms with van der Waals surface area (Å²) in [6, 6.07) is 1.54. The molecule has 0 aliphatic carbocycles. The highest BCUT2D eigenvalue weighted by Gasteiger charge is 2.27. The van der Waals surface area contributed by atoms with Crippen molar-refractivity contribution in [2.24, 2.45) is 0 Å². The Labute approximate surface area is 123 Å². The third-order valence-corrected chi connectivity index (χ3v) is 4.34. The number of hydrogen-bond acceptors (Lipinski definition) is 4. The van der Waals surface area contributed by atoms with Crippen molar-refractivity contribution in [2.45, 2.75) is 50.7 Å². The van der Waals surface area contributed by atoms with Crippen molar-refractivity contribution in [1.29, 1.82) is 0 Å². The molecule has 20 heavy (non-hydrogen) atoms. The Morgan fingerprint density at radius 1 is 1.50 bits per heavy atom. The van der Waals surface area contributed by atoms with Crippen LogP contribution < -0.4 is 10.9 Å². The van der Waals surface area contributed by atoms with Crippen molar-refractivity contribution in [3.8, 4) is 0 Å². The maximum atomic E-state index is 12.2. The van der Waals surface area contributed by atoms with Gasteiger partial charge in [0.05, 0.1) is 6.04 Å². The van der Waals surface area contributed by atoms with E-state index in [1.807, 2.05) is 6.92 Å². The number of aryl methyl sites for hydroxylation is 1. The molecule has 1 aromatic rings. The van der Waals surface area contributed by atoms with Gasteiger partial charge in [-0.25, -0.2) is 4.98 Å². The van der Waals surface area contributed by atoms with Gasteiger partial charge in [-0.15, -0.1) is 0 Å². The van der Waals surface area contributed by atoms with Crippen LogP contribution in [0.4, 0.5) is 0 Å². The van der Waals surface area contributed by atoms with E-state index in [9.17, 15) is 9.59 Å². The number of aromatic nitrogens is 2. The number of thioether (sulfide) groups is 1. The topological polar surface area (TPSA) is 64.0 Å². The van der Waals surface area contributed by atoms with Crippen LogP contribution >= 0.6 is 11.8 Å². The molecule has 110 valence electrons. The standard InChI is InChI=1S/C14H21N3O2S/c1-3-5-10-7-13(19)17-11(9-20-14(17)16-10)8-12(18)15-6-4-2/h7,11H,3-6,8-9H2,1-2H3,(H,15,18). The molecule has 0 spiro atoms. The third-order valence-electron chi connectivity index (χ3n) is 3.24. The second kappa shape index (κ2) is 6.92. The van der Waals surface area contributed by atoms with Gasteiger partial charge in [-0.3, -0.25) is 14.2 Å². The second-order valence-corrected chi connectivity index (χ2v) is 5.99. The summed E-state index contributed by atoms with van der Waals surface area (Å²) in [5.41, 5.74) is 0.823. The Morgan fingerprint density at radius 3 is 3.00 bits per heavy atom. The van der Waals surface area contributed by atoms with Crippen LogP contribution in [0.1, 0.15) is 44.8 Å². The van der Waals surface area contributed by atoms with Gasteiger partial charge in [-0.2, -0.15) is 0 Å². The van der Waals surface area contributed by atoms with E-state index in [1.165, 1.54) is 0 Å². The summed E-state index contributed by atoms with van der Waals surface area (Å²) in [5, 5.41) is 3.62. The van der Waals surface area contributed by atoms with Crippen molar-refractivity contribution >= 4 is 17.7 Å². The van der Waals surface area contributed by atoms with E-state index in [0.717, 1.165) is 35.9 Å². The van der Waals surface area contributed by atoms with Crippen LogP contribution in [-0.2, 0) is 11.2 Å². The molecule has 1 aliphatic rings. The molecule has 6 heteroatoms. The highest BCUT2D eigenvalue weighted by atomic mass is 32.2. The molecule has 2 heterocycles. The van der Waals surface area contributed by atoms with Crippen LogP contribution in [0.5, 0.6) is 0 Å². The van der Waals surface area contributed by atoms with Crippen LogP contribution in [0.3, 0.4) is 0 Å². The first kappa shape index (κ1) is 15.1. The van der Waals surface area contributed by atoms with Crippen molar-refractivity contribution in [1.82, 2.24) is 14.9 Å². The molecule has 1 aromatic heterocycles. The molecular formula is C14H21N3O2S. The van der Waals surface area contributed by atoms with Crippen molar-refractivity contribution in [3.63, 3.8) is 0 Å². The Bertz CT molecular complexity index is 542. The Balaban J connectivity index is 2.12. The summed E-state index contributed by atoms with van der Waals surface area (Å²) in [5.74, 6) is 0.756. The fourth-order valence-electron chi connectivity index (χ4n) is 2.28. The predicted molar refractivity (Wildman–Crippen MR) is 80.2 cm³/mol. The number of nitrogens with one attached hydrogen (secondary N) is 1. The lowest BCUT2D eigenvalue weighted by Crippen LogP contribution is -2.31. The Hall–Kier alpha value is -1.30. The summed E-state index contributed by atoms with van der Waals surface area (Å²) < 4.78 is 1.68. The number of amides is 1. The minimum atomic E-state index is -0.0671. The summed E-state index contributed by atoms with van der Waals surface area (Å²) >= 11 is 1.57. The Kier molecular flexibility index (Phi) is 5.23. The van der Waals surface area contributed by atoms with Crippen LogP contribution in [0.2, 0.25) is 0 Å². The maximum absolute atomic E-state index is 12.2. The zero-order valence-corrected chi connectivity index (χ0v) is 12.8. The minimum Gasteiger partial charge on any atom is -0.356 e. The molecular weight excluding hydrogens is 274 g/mol. The molecule has 0 saturated carbocycles. The lowest BCUT2D eigenvalue weighted by atomic mass is 10.2. The normalized spacial score (nSPS) is 17.0. The zero-order valence-electron chi connectivity index (χ0n) is 12.0. The van der Waals surface area contributed by atoms with E-state index < -0.39 is 0 Å². The molecule has 0 radical (unpaired) electrons. The molecule has 1 unspecified atom stereocenters. The van der Waals surface area contributed by atoms with Gasteiger partial charge in [0.25, 0.3) is 5.56 Å². The highest BCUT2D eigenvalue weighted by molar-refractivity contribution is 7.99. The third kappa shape index (κ3) is 3.42. The monoisotopic (exact) mass is 295 g/mol. The van der Waals surface area contributed by atoms with E-state index >= 15 is 0 Å². The molecule has 1 aliphatic heterocycles. The SMILES string of the molecule is CCCNC(=O)CC1CSc2nc(CCC)cc(=O)n21. The number of carbonyl (C=O) groups is 1. The minimum absolute atomic E-state index is 0.00911. The van der Waals surface area contributed by atoms with Gasteiger partial charge in [0.15, 0.2) is 5.16 Å². The lowest BCUT2D eigenvalue weighted by molar-refractivity contribution is -0.121. The van der Waals surface area contributed by atoms with Gasteiger partial charge in [0, 0.05) is 30.5 Å². The summed E-state index contributed by atoms with van der Waals surface area (Å²) in [7, 11) is 0. The summed E-state index contributed by atoms with van der Waals surface area (Å²) in [4.78, 5) is 28.5. The summed E-state index contributed by atoms with van der Waals surface area (Å²) in [6.45, 7) is 4.78. The zero-order chi connectivity index (χ0) is 14.5. The van der Waals surface area contributed by atoms with E-state index in [4.69, 9.17) is 0 Å². The van der Waals surface area contributed by atoms with Gasteiger partial charge in [0.1, 0.15) is 0 Å². The first-order valence-electron chi connectivity index (χ1n) is 7.17. The smallest absolute Gasteiger partial charge is 0.254 e. The number of fused-ring (bicyclic) bond motifs is 1. The largest absolute Gasteiger partial charge is 0.356 e. The molecule has 1 N–H and O–H groups in total. The fourth-order valence-corrected chi connectivity index (χ4v) is 3.45. The van der Waals surface area contributed by atoms with Gasteiger partial charge in [-0.05, 0) is 12.8 Å². The van der Waals surface area contributed by atoms with Gasteiger partial charge in [-0.1, -0.05) is 32.0 Å². The highest BCUT2D eigenvalue weighted by Crippen LogP contribution is 2.31. The van der Waals surface area contributed by atoms with Crippen LogP contribution in [0, 0.1) is 0 Å². The van der Waals surface area contributed by atoms with E-state index in [-0.39, 0.29) is 17.5 Å². The Morgan fingerprint density at radius 2 is 2.30 bits per heavy atom. The van der Waals surface area contributed by atoms with E-state index in [1.54, 1.807) is 22.4 Å². The molecule has 0 aromatic carbocycles. The van der Waals surface area contributed by atoms with E-state index in [0.29, 0.717) is 13.0 Å². The number of hydrogen-bond donors (Lipinski definition) is 1. The van der Waals surface area contributed by atoms with Crippen LogP contribution in [0.15, 0.2) is 16.0 Å². The van der Waals surface area contributed by atoms with Gasteiger partial charge < -0.3 is 5.32 Å². The maximum Gasteiger partial charge on any atom is 0.254 e. The first-order valence-corrected chi connectivity index (χ1v) is 8.16. The summed E-state index contributed by atoms with van der Waals surface area (Å²) in [6.07, 6.45) is 3.08. The van der Waals surface area contributed by atoms with Crippen molar-refractivity contribution in [3.05, 3.63) is 22.1 Å². The predicted octanol–water partition coefficient (Wildman–Crippen LogP) is 1.76. The van der Waals surface area contributed by atoms with Gasteiger partial charge >= 0.3 is 0 Å².